The van der Waals surface area contributed by atoms with E-state index < -0.39 is 0 Å². The van der Waals surface area contributed by atoms with Gasteiger partial charge in [-0.25, -0.2) is 15.0 Å². The lowest BCUT2D eigenvalue weighted by molar-refractivity contribution is -0.121. The molecule has 1 N–H and O–H groups in total. The van der Waals surface area contributed by atoms with E-state index in [9.17, 15) is 4.79 Å². The van der Waals surface area contributed by atoms with E-state index >= 15 is 0 Å². The monoisotopic (exact) mass is 312 g/mol. The van der Waals surface area contributed by atoms with E-state index in [4.69, 9.17) is 0 Å². The van der Waals surface area contributed by atoms with Crippen LogP contribution in [0.15, 0.2) is 37.1 Å². The van der Waals surface area contributed by atoms with Gasteiger partial charge in [-0.15, -0.1) is 0 Å². The van der Waals surface area contributed by atoms with Gasteiger partial charge < -0.3 is 9.88 Å². The molecular weight excluding hydrogens is 292 g/mol. The third-order valence-electron chi connectivity index (χ3n) is 3.69. The van der Waals surface area contributed by atoms with Crippen molar-refractivity contribution in [1.29, 1.82) is 0 Å². The van der Waals surface area contributed by atoms with Gasteiger partial charge in [-0.3, -0.25) is 9.20 Å². The first kappa shape index (κ1) is 15.2. The maximum absolute atomic E-state index is 11.9. The molecule has 0 aliphatic carbocycles. The van der Waals surface area contributed by atoms with Crippen LogP contribution < -0.4 is 5.32 Å². The largest absolute Gasteiger partial charge is 0.356 e. The normalized spacial score (nSPS) is 11.0. The summed E-state index contributed by atoms with van der Waals surface area (Å²) in [5.41, 5.74) is 0.923. The topological polar surface area (TPSA) is 77.1 Å². The predicted molar refractivity (Wildman–Crippen MR) is 85.9 cm³/mol. The number of rotatable bonds is 7. The molecule has 0 atom stereocenters. The zero-order valence-electron chi connectivity index (χ0n) is 13.1. The van der Waals surface area contributed by atoms with Crippen molar-refractivity contribution in [3.05, 3.63) is 48.6 Å². The number of imidazole rings is 2. The molecule has 0 saturated carbocycles. The van der Waals surface area contributed by atoms with Crippen molar-refractivity contribution in [3.63, 3.8) is 0 Å². The number of carbonyl (C=O) groups excluding carboxylic acids is 1. The summed E-state index contributed by atoms with van der Waals surface area (Å²) in [6.07, 6.45) is 11.3. The Bertz CT molecular complexity index is 758. The number of aromatic nitrogens is 5. The smallest absolute Gasteiger partial charge is 0.233 e. The first-order valence-corrected chi connectivity index (χ1v) is 7.81. The minimum Gasteiger partial charge on any atom is -0.356 e. The second-order valence-electron chi connectivity index (χ2n) is 5.30. The van der Waals surface area contributed by atoms with Crippen LogP contribution >= 0.6 is 0 Å². The van der Waals surface area contributed by atoms with Gasteiger partial charge in [0.15, 0.2) is 0 Å². The number of hydrogen-bond acceptors (Lipinski definition) is 4. The number of fused-ring (bicyclic) bond motifs is 1. The Morgan fingerprint density at radius 1 is 1.26 bits per heavy atom. The van der Waals surface area contributed by atoms with Gasteiger partial charge in [0.05, 0.1) is 5.69 Å². The van der Waals surface area contributed by atoms with Gasteiger partial charge >= 0.3 is 0 Å². The first-order valence-electron chi connectivity index (χ1n) is 7.81. The first-order chi connectivity index (χ1) is 11.3. The van der Waals surface area contributed by atoms with E-state index in [1.807, 2.05) is 33.6 Å². The maximum Gasteiger partial charge on any atom is 0.233 e. The summed E-state index contributed by atoms with van der Waals surface area (Å²) >= 11 is 0. The zero-order valence-corrected chi connectivity index (χ0v) is 13.1. The average Bonchev–Trinajstić information content (AvgIpc) is 3.18. The molecule has 0 fully saturated rings. The fourth-order valence-corrected chi connectivity index (χ4v) is 2.50. The van der Waals surface area contributed by atoms with Gasteiger partial charge in [-0.05, 0) is 6.07 Å². The molecule has 120 valence electrons. The maximum atomic E-state index is 11.9. The average molecular weight is 312 g/mol. The van der Waals surface area contributed by atoms with Crippen LogP contribution in [0.25, 0.3) is 5.78 Å². The Kier molecular flexibility index (Phi) is 4.65. The molecule has 3 rings (SSSR count). The summed E-state index contributed by atoms with van der Waals surface area (Å²) < 4.78 is 3.90. The van der Waals surface area contributed by atoms with Gasteiger partial charge in [0.1, 0.15) is 5.82 Å². The van der Waals surface area contributed by atoms with Crippen molar-refractivity contribution in [2.24, 2.45) is 0 Å². The number of nitrogens with zero attached hydrogens (tertiary/aromatic N) is 5. The van der Waals surface area contributed by atoms with E-state index in [-0.39, 0.29) is 5.91 Å². The van der Waals surface area contributed by atoms with Crippen LogP contribution in [0.1, 0.15) is 24.9 Å². The molecule has 7 heteroatoms. The van der Waals surface area contributed by atoms with Crippen LogP contribution in [0.5, 0.6) is 0 Å². The molecule has 7 nitrogen and oxygen atoms in total. The second kappa shape index (κ2) is 7.04. The molecule has 0 unspecified atom stereocenters. The van der Waals surface area contributed by atoms with Gasteiger partial charge in [0.25, 0.3) is 0 Å². The molecule has 0 aliphatic rings. The highest BCUT2D eigenvalue weighted by Gasteiger charge is 2.06. The van der Waals surface area contributed by atoms with Crippen LogP contribution in [0.2, 0.25) is 0 Å². The molecule has 3 aromatic heterocycles. The number of hydrogen-bond donors (Lipinski definition) is 1. The van der Waals surface area contributed by atoms with Crippen molar-refractivity contribution < 1.29 is 4.79 Å². The molecule has 0 radical (unpaired) electrons. The summed E-state index contributed by atoms with van der Waals surface area (Å²) in [5, 5.41) is 2.93. The van der Waals surface area contributed by atoms with Gasteiger partial charge in [0, 0.05) is 63.3 Å². The lowest BCUT2D eigenvalue weighted by Crippen LogP contribution is -2.26. The molecule has 23 heavy (non-hydrogen) atoms. The highest BCUT2D eigenvalue weighted by atomic mass is 16.1. The quantitative estimate of drug-likeness (QED) is 0.712. The van der Waals surface area contributed by atoms with E-state index in [0.29, 0.717) is 31.7 Å². The lowest BCUT2D eigenvalue weighted by Gasteiger charge is -2.07. The van der Waals surface area contributed by atoms with Crippen molar-refractivity contribution >= 4 is 11.7 Å². The van der Waals surface area contributed by atoms with E-state index in [1.54, 1.807) is 12.4 Å². The summed E-state index contributed by atoms with van der Waals surface area (Å²) in [5.74, 6) is 1.73. The summed E-state index contributed by atoms with van der Waals surface area (Å²) in [6.45, 7) is 3.29. The molecule has 0 saturated heterocycles. The van der Waals surface area contributed by atoms with Crippen molar-refractivity contribution in [2.75, 3.05) is 6.54 Å². The molecule has 1 amide bonds. The van der Waals surface area contributed by atoms with Crippen LogP contribution in [0, 0.1) is 0 Å². The Morgan fingerprint density at radius 2 is 2.17 bits per heavy atom. The van der Waals surface area contributed by atoms with Gasteiger partial charge in [-0.1, -0.05) is 6.92 Å². The SMILES string of the molecule is CCc1nccn1CCC(=O)NCCc1cn2cccnc2n1. The predicted octanol–water partition coefficient (Wildman–Crippen LogP) is 1.24. The van der Waals surface area contributed by atoms with Crippen molar-refractivity contribution in [1.82, 2.24) is 29.2 Å². The summed E-state index contributed by atoms with van der Waals surface area (Å²) in [4.78, 5) is 24.7. The minimum atomic E-state index is 0.0441. The van der Waals surface area contributed by atoms with E-state index in [1.165, 1.54) is 0 Å². The molecule has 0 spiro atoms. The Hall–Kier alpha value is -2.70. The molecule has 0 aliphatic heterocycles. The zero-order chi connectivity index (χ0) is 16.1. The molecule has 3 heterocycles. The number of aryl methyl sites for hydroxylation is 2. The van der Waals surface area contributed by atoms with E-state index in [0.717, 1.165) is 17.9 Å². The third kappa shape index (κ3) is 3.74. The highest BCUT2D eigenvalue weighted by molar-refractivity contribution is 5.75. The summed E-state index contributed by atoms with van der Waals surface area (Å²) in [6, 6.07) is 1.86. The van der Waals surface area contributed by atoms with Crippen LogP contribution in [0.4, 0.5) is 0 Å². The fraction of sp³-hybridized carbons (Fsp3) is 0.375. The van der Waals surface area contributed by atoms with Crippen molar-refractivity contribution in [3.8, 4) is 0 Å². The third-order valence-corrected chi connectivity index (χ3v) is 3.69. The van der Waals surface area contributed by atoms with Crippen molar-refractivity contribution in [2.45, 2.75) is 32.7 Å². The molecular formula is C16H20N6O. The number of carbonyl (C=O) groups is 1. The summed E-state index contributed by atoms with van der Waals surface area (Å²) in [7, 11) is 0. The number of nitrogens with one attached hydrogen (secondary N) is 1. The lowest BCUT2D eigenvalue weighted by atomic mass is 10.3. The number of amides is 1. The standard InChI is InChI=1S/C16H20N6O/c1-2-14-17-8-11-21(14)10-5-15(23)18-7-4-13-12-22-9-3-6-19-16(22)20-13/h3,6,8-9,11-12H,2,4-5,7,10H2,1H3,(H,18,23). The Morgan fingerprint density at radius 3 is 3.00 bits per heavy atom. The molecule has 0 bridgehead atoms. The Labute approximate surface area is 134 Å². The second-order valence-corrected chi connectivity index (χ2v) is 5.30. The fourth-order valence-electron chi connectivity index (χ4n) is 2.50. The molecule has 0 aromatic carbocycles. The van der Waals surface area contributed by atoms with Gasteiger partial charge in [0.2, 0.25) is 11.7 Å². The molecule has 3 aromatic rings. The van der Waals surface area contributed by atoms with Crippen LogP contribution in [-0.2, 0) is 24.2 Å². The Balaban J connectivity index is 1.44. The van der Waals surface area contributed by atoms with Crippen LogP contribution in [0.3, 0.4) is 0 Å². The van der Waals surface area contributed by atoms with E-state index in [2.05, 4.69) is 27.2 Å². The van der Waals surface area contributed by atoms with Gasteiger partial charge in [-0.2, -0.15) is 0 Å². The van der Waals surface area contributed by atoms with Crippen LogP contribution in [-0.4, -0.2) is 36.4 Å². The highest BCUT2D eigenvalue weighted by Crippen LogP contribution is 2.02. The minimum absolute atomic E-state index is 0.0441.